The lowest BCUT2D eigenvalue weighted by Crippen LogP contribution is -2.41. The van der Waals surface area contributed by atoms with E-state index in [1.54, 1.807) is 0 Å². The van der Waals surface area contributed by atoms with Crippen LogP contribution in [0.3, 0.4) is 0 Å². The minimum Gasteiger partial charge on any atom is -0.481 e. The quantitative estimate of drug-likeness (QED) is 0.869. The molecular formula is C15H22N2O3. The first-order chi connectivity index (χ1) is 9.32. The summed E-state index contributed by atoms with van der Waals surface area (Å²) in [5.74, 6) is -0.907. The molecule has 5 nitrogen and oxygen atoms in total. The molecule has 5 heteroatoms. The molecule has 0 spiro atoms. The van der Waals surface area contributed by atoms with Crippen LogP contribution in [-0.2, 0) is 4.79 Å². The average molecular weight is 278 g/mol. The van der Waals surface area contributed by atoms with Crippen molar-refractivity contribution in [3.63, 3.8) is 0 Å². The van der Waals surface area contributed by atoms with Crippen LogP contribution in [0.4, 0.5) is 10.5 Å². The fraction of sp³-hybridized carbons (Fsp3) is 0.467. The lowest BCUT2D eigenvalue weighted by Gasteiger charge is -2.27. The third kappa shape index (κ3) is 4.26. The van der Waals surface area contributed by atoms with Gasteiger partial charge in [-0.1, -0.05) is 18.2 Å². The van der Waals surface area contributed by atoms with Gasteiger partial charge < -0.3 is 15.3 Å². The van der Waals surface area contributed by atoms with Crippen molar-refractivity contribution in [2.45, 2.75) is 40.2 Å². The summed E-state index contributed by atoms with van der Waals surface area (Å²) in [5.41, 5.74) is 2.76. The summed E-state index contributed by atoms with van der Waals surface area (Å²) in [6.45, 7) is 7.79. The van der Waals surface area contributed by atoms with Gasteiger partial charge in [0.2, 0.25) is 0 Å². The first-order valence-corrected chi connectivity index (χ1v) is 6.68. The summed E-state index contributed by atoms with van der Waals surface area (Å²) < 4.78 is 0. The van der Waals surface area contributed by atoms with Crippen molar-refractivity contribution in [1.82, 2.24) is 4.90 Å². The van der Waals surface area contributed by atoms with Crippen LogP contribution < -0.4 is 5.32 Å². The second-order valence-corrected chi connectivity index (χ2v) is 5.13. The molecular weight excluding hydrogens is 256 g/mol. The summed E-state index contributed by atoms with van der Waals surface area (Å²) in [4.78, 5) is 24.5. The van der Waals surface area contributed by atoms with Gasteiger partial charge in [-0.2, -0.15) is 0 Å². The first kappa shape index (κ1) is 16.0. The van der Waals surface area contributed by atoms with Gasteiger partial charge in [0.05, 0.1) is 6.42 Å². The molecule has 2 amide bonds. The lowest BCUT2D eigenvalue weighted by atomic mass is 10.1. The Labute approximate surface area is 119 Å². The van der Waals surface area contributed by atoms with Crippen LogP contribution in [0, 0.1) is 13.8 Å². The zero-order valence-electron chi connectivity index (χ0n) is 12.4. The van der Waals surface area contributed by atoms with Crippen molar-refractivity contribution < 1.29 is 14.7 Å². The van der Waals surface area contributed by atoms with Gasteiger partial charge in [-0.05, 0) is 38.8 Å². The Bertz CT molecular complexity index is 478. The number of carboxylic acids is 1. The number of para-hydroxylation sites is 1. The van der Waals surface area contributed by atoms with Gasteiger partial charge >= 0.3 is 12.0 Å². The Morgan fingerprint density at radius 1 is 1.25 bits per heavy atom. The van der Waals surface area contributed by atoms with Crippen LogP contribution in [0.2, 0.25) is 0 Å². The van der Waals surface area contributed by atoms with Crippen molar-refractivity contribution >= 4 is 17.7 Å². The molecule has 110 valence electrons. The predicted octanol–water partition coefficient (Wildman–Crippen LogP) is 3.02. The number of urea groups is 1. The summed E-state index contributed by atoms with van der Waals surface area (Å²) in [6.07, 6.45) is -0.0572. The van der Waals surface area contributed by atoms with E-state index in [2.05, 4.69) is 5.32 Å². The van der Waals surface area contributed by atoms with E-state index in [1.165, 1.54) is 4.90 Å². The number of rotatable bonds is 5. The highest BCUT2D eigenvalue weighted by Crippen LogP contribution is 2.20. The molecule has 0 radical (unpaired) electrons. The van der Waals surface area contributed by atoms with E-state index < -0.39 is 5.97 Å². The molecule has 0 heterocycles. The summed E-state index contributed by atoms with van der Waals surface area (Å²) in [5, 5.41) is 11.6. The maximum Gasteiger partial charge on any atom is 0.322 e. The largest absolute Gasteiger partial charge is 0.481 e. The number of hydrogen-bond donors (Lipinski definition) is 2. The van der Waals surface area contributed by atoms with E-state index >= 15 is 0 Å². The third-order valence-electron chi connectivity index (χ3n) is 3.16. The number of aryl methyl sites for hydroxylation is 2. The molecule has 0 saturated carbocycles. The molecule has 0 unspecified atom stereocenters. The van der Waals surface area contributed by atoms with Gasteiger partial charge in [0.25, 0.3) is 0 Å². The molecule has 0 aliphatic rings. The number of nitrogens with zero attached hydrogens (tertiary/aromatic N) is 1. The number of carbonyl (C=O) groups is 2. The Morgan fingerprint density at radius 3 is 2.25 bits per heavy atom. The van der Waals surface area contributed by atoms with Gasteiger partial charge in [-0.25, -0.2) is 4.79 Å². The number of carboxylic acid groups (broad SMARTS) is 1. The maximum atomic E-state index is 12.3. The standard InChI is InChI=1S/C15H22N2O3/c1-10(2)17(9-8-13(18)19)15(20)16-14-11(3)6-5-7-12(14)4/h5-7,10H,8-9H2,1-4H3,(H,16,20)(H,18,19). The SMILES string of the molecule is Cc1cccc(C)c1NC(=O)N(CCC(=O)O)C(C)C. The van der Waals surface area contributed by atoms with Crippen molar-refractivity contribution in [2.24, 2.45) is 0 Å². The molecule has 1 aromatic carbocycles. The molecule has 0 fully saturated rings. The van der Waals surface area contributed by atoms with Crippen LogP contribution in [0.25, 0.3) is 0 Å². The number of aliphatic carboxylic acids is 1. The molecule has 20 heavy (non-hydrogen) atoms. The molecule has 0 aliphatic heterocycles. The van der Waals surface area contributed by atoms with Crippen molar-refractivity contribution in [1.29, 1.82) is 0 Å². The van der Waals surface area contributed by atoms with E-state index in [0.717, 1.165) is 16.8 Å². The molecule has 1 rings (SSSR count). The van der Waals surface area contributed by atoms with Crippen molar-refractivity contribution in [3.8, 4) is 0 Å². The van der Waals surface area contributed by atoms with Gasteiger partial charge in [0, 0.05) is 18.3 Å². The second-order valence-electron chi connectivity index (χ2n) is 5.13. The van der Waals surface area contributed by atoms with Crippen molar-refractivity contribution in [2.75, 3.05) is 11.9 Å². The van der Waals surface area contributed by atoms with E-state index in [9.17, 15) is 9.59 Å². The molecule has 0 atom stereocenters. The predicted molar refractivity (Wildman–Crippen MR) is 79.0 cm³/mol. The molecule has 2 N–H and O–H groups in total. The number of nitrogens with one attached hydrogen (secondary N) is 1. The number of benzene rings is 1. The first-order valence-electron chi connectivity index (χ1n) is 6.68. The lowest BCUT2D eigenvalue weighted by molar-refractivity contribution is -0.137. The van der Waals surface area contributed by atoms with E-state index in [0.29, 0.717) is 0 Å². The van der Waals surface area contributed by atoms with Gasteiger partial charge in [-0.3, -0.25) is 4.79 Å². The smallest absolute Gasteiger partial charge is 0.322 e. The van der Waals surface area contributed by atoms with E-state index in [4.69, 9.17) is 5.11 Å². The minimum atomic E-state index is -0.907. The highest BCUT2D eigenvalue weighted by Gasteiger charge is 2.19. The maximum absolute atomic E-state index is 12.3. The number of anilines is 1. The van der Waals surface area contributed by atoms with Crippen LogP contribution >= 0.6 is 0 Å². The van der Waals surface area contributed by atoms with Crippen molar-refractivity contribution in [3.05, 3.63) is 29.3 Å². The highest BCUT2D eigenvalue weighted by atomic mass is 16.4. The zero-order chi connectivity index (χ0) is 15.3. The average Bonchev–Trinajstić information content (AvgIpc) is 2.33. The van der Waals surface area contributed by atoms with Crippen LogP contribution in [0.5, 0.6) is 0 Å². The van der Waals surface area contributed by atoms with Gasteiger partial charge in [0.1, 0.15) is 0 Å². The molecule has 0 aliphatic carbocycles. The normalized spacial score (nSPS) is 10.4. The van der Waals surface area contributed by atoms with E-state index in [-0.39, 0.29) is 25.0 Å². The van der Waals surface area contributed by atoms with Gasteiger partial charge in [0.15, 0.2) is 0 Å². The summed E-state index contributed by atoms with van der Waals surface area (Å²) in [6, 6.07) is 5.47. The monoisotopic (exact) mass is 278 g/mol. The zero-order valence-corrected chi connectivity index (χ0v) is 12.4. The topological polar surface area (TPSA) is 69.6 Å². The third-order valence-corrected chi connectivity index (χ3v) is 3.16. The minimum absolute atomic E-state index is 0.0568. The second kappa shape index (κ2) is 6.93. The summed E-state index contributed by atoms with van der Waals surface area (Å²) >= 11 is 0. The van der Waals surface area contributed by atoms with Crippen LogP contribution in [0.1, 0.15) is 31.4 Å². The fourth-order valence-corrected chi connectivity index (χ4v) is 2.00. The number of amides is 2. The molecule has 0 saturated heterocycles. The Morgan fingerprint density at radius 2 is 1.80 bits per heavy atom. The number of carbonyl (C=O) groups excluding carboxylic acids is 1. The van der Waals surface area contributed by atoms with Crippen LogP contribution in [-0.4, -0.2) is 34.6 Å². The number of hydrogen-bond acceptors (Lipinski definition) is 2. The highest BCUT2D eigenvalue weighted by molar-refractivity contribution is 5.91. The Hall–Kier alpha value is -2.04. The fourth-order valence-electron chi connectivity index (χ4n) is 2.00. The molecule has 1 aromatic rings. The Balaban J connectivity index is 2.83. The van der Waals surface area contributed by atoms with E-state index in [1.807, 2.05) is 45.9 Å². The van der Waals surface area contributed by atoms with Gasteiger partial charge in [-0.15, -0.1) is 0 Å². The molecule has 0 aromatic heterocycles. The molecule has 0 bridgehead atoms. The Kier molecular flexibility index (Phi) is 5.55. The summed E-state index contributed by atoms with van der Waals surface area (Å²) in [7, 11) is 0. The van der Waals surface area contributed by atoms with Crippen LogP contribution in [0.15, 0.2) is 18.2 Å².